The molecule has 5 heteroatoms. The van der Waals surface area contributed by atoms with Crippen LogP contribution in [0.4, 0.5) is 0 Å². The number of nitrogens with zero attached hydrogens (tertiary/aromatic N) is 3. The van der Waals surface area contributed by atoms with E-state index in [0.29, 0.717) is 19.6 Å². The third-order valence-corrected chi connectivity index (χ3v) is 2.50. The van der Waals surface area contributed by atoms with Gasteiger partial charge < -0.3 is 15.0 Å². The summed E-state index contributed by atoms with van der Waals surface area (Å²) in [5.41, 5.74) is 7.39. The van der Waals surface area contributed by atoms with Gasteiger partial charge in [-0.2, -0.15) is 0 Å². The van der Waals surface area contributed by atoms with E-state index in [1.807, 2.05) is 23.9 Å². The molecule has 2 rings (SSSR count). The summed E-state index contributed by atoms with van der Waals surface area (Å²) >= 11 is 0. The van der Waals surface area contributed by atoms with E-state index in [1.54, 1.807) is 7.11 Å². The number of aromatic nitrogens is 3. The maximum atomic E-state index is 5.52. The summed E-state index contributed by atoms with van der Waals surface area (Å²) in [5, 5.41) is 1.05. The molecule has 0 aromatic carbocycles. The Labute approximate surface area is 94.2 Å². The highest BCUT2D eigenvalue weighted by molar-refractivity contribution is 5.78. The van der Waals surface area contributed by atoms with E-state index in [0.717, 1.165) is 22.6 Å². The van der Waals surface area contributed by atoms with Crippen molar-refractivity contribution < 1.29 is 4.74 Å². The number of fused-ring (bicyclic) bond motifs is 1. The molecule has 0 saturated heterocycles. The van der Waals surface area contributed by atoms with Crippen molar-refractivity contribution in [1.29, 1.82) is 0 Å². The van der Waals surface area contributed by atoms with Gasteiger partial charge in [0.05, 0.1) is 12.3 Å². The summed E-state index contributed by atoms with van der Waals surface area (Å²) in [7, 11) is 3.64. The smallest absolute Gasteiger partial charge is 0.143 e. The third kappa shape index (κ3) is 1.91. The van der Waals surface area contributed by atoms with Crippen molar-refractivity contribution in [2.24, 2.45) is 12.8 Å². The zero-order chi connectivity index (χ0) is 11.5. The molecule has 0 aliphatic carbocycles. The van der Waals surface area contributed by atoms with Crippen LogP contribution in [0.15, 0.2) is 12.3 Å². The lowest BCUT2D eigenvalue weighted by atomic mass is 10.2. The molecule has 16 heavy (non-hydrogen) atoms. The van der Waals surface area contributed by atoms with Crippen LogP contribution in [0.1, 0.15) is 11.5 Å². The highest BCUT2D eigenvalue weighted by atomic mass is 16.5. The summed E-state index contributed by atoms with van der Waals surface area (Å²) in [6, 6.07) is 2.01. The molecule has 0 bridgehead atoms. The second kappa shape index (κ2) is 4.59. The van der Waals surface area contributed by atoms with Crippen molar-refractivity contribution in [1.82, 2.24) is 14.5 Å². The van der Waals surface area contributed by atoms with Gasteiger partial charge in [-0.1, -0.05) is 0 Å². The van der Waals surface area contributed by atoms with Gasteiger partial charge in [0.25, 0.3) is 0 Å². The molecule has 0 atom stereocenters. The first-order valence-corrected chi connectivity index (χ1v) is 5.26. The lowest BCUT2D eigenvalue weighted by molar-refractivity contribution is 0.182. The third-order valence-electron chi connectivity index (χ3n) is 2.50. The van der Waals surface area contributed by atoms with Gasteiger partial charge in [-0.05, 0) is 12.6 Å². The number of methoxy groups -OCH3 is 1. The van der Waals surface area contributed by atoms with E-state index >= 15 is 0 Å². The molecule has 2 N–H and O–H groups in total. The van der Waals surface area contributed by atoms with Gasteiger partial charge in [0, 0.05) is 32.2 Å². The summed E-state index contributed by atoms with van der Waals surface area (Å²) in [4.78, 5) is 8.95. The van der Waals surface area contributed by atoms with Crippen LogP contribution in [0.25, 0.3) is 11.0 Å². The molecule has 86 valence electrons. The lowest BCUT2D eigenvalue weighted by Gasteiger charge is -2.05. The Morgan fingerprint density at radius 2 is 2.25 bits per heavy atom. The molecule has 0 amide bonds. The summed E-state index contributed by atoms with van der Waals surface area (Å²) in [6.07, 6.45) is 2.67. The molecule has 2 aromatic heterocycles. The highest BCUT2D eigenvalue weighted by Crippen LogP contribution is 2.17. The second-order valence-corrected chi connectivity index (χ2v) is 3.72. The van der Waals surface area contributed by atoms with Crippen LogP contribution in [0.5, 0.6) is 0 Å². The zero-order valence-corrected chi connectivity index (χ0v) is 9.60. The van der Waals surface area contributed by atoms with Crippen LogP contribution < -0.4 is 5.73 Å². The Morgan fingerprint density at radius 1 is 1.44 bits per heavy atom. The predicted molar refractivity (Wildman–Crippen MR) is 62.0 cm³/mol. The highest BCUT2D eigenvalue weighted by Gasteiger charge is 2.09. The minimum Gasteiger partial charge on any atom is -0.378 e. The number of ether oxygens (including phenoxy) is 1. The fourth-order valence-electron chi connectivity index (χ4n) is 1.74. The lowest BCUT2D eigenvalue weighted by Crippen LogP contribution is -2.09. The molecule has 0 fully saturated rings. The van der Waals surface area contributed by atoms with Crippen LogP contribution >= 0.6 is 0 Å². The molecule has 0 spiro atoms. The Morgan fingerprint density at radius 3 is 2.94 bits per heavy atom. The Bertz CT molecular complexity index is 492. The van der Waals surface area contributed by atoms with E-state index in [9.17, 15) is 0 Å². The van der Waals surface area contributed by atoms with Gasteiger partial charge in [0.15, 0.2) is 0 Å². The summed E-state index contributed by atoms with van der Waals surface area (Å²) in [5.74, 6) is 0.781. The molecule has 0 aliphatic heterocycles. The standard InChI is InChI=1S/C11H16N4O/c1-15-6-4-8-9(7-16-2)13-10(3-5-12)14-11(8)15/h4,6H,3,5,7,12H2,1-2H3. The molecular formula is C11H16N4O. The molecular weight excluding hydrogens is 204 g/mol. The summed E-state index contributed by atoms with van der Waals surface area (Å²) in [6.45, 7) is 1.06. The predicted octanol–water partition coefficient (Wildman–Crippen LogP) is 0.616. The first-order chi connectivity index (χ1) is 7.76. The maximum Gasteiger partial charge on any atom is 0.143 e. The van der Waals surface area contributed by atoms with E-state index in [-0.39, 0.29) is 0 Å². The van der Waals surface area contributed by atoms with Crippen LogP contribution in [0.2, 0.25) is 0 Å². The number of rotatable bonds is 4. The van der Waals surface area contributed by atoms with E-state index in [1.165, 1.54) is 0 Å². The first-order valence-electron chi connectivity index (χ1n) is 5.26. The van der Waals surface area contributed by atoms with Crippen molar-refractivity contribution in [2.45, 2.75) is 13.0 Å². The quantitative estimate of drug-likeness (QED) is 0.820. The average molecular weight is 220 g/mol. The number of hydrogen-bond acceptors (Lipinski definition) is 4. The molecule has 2 heterocycles. The minimum absolute atomic E-state index is 0.501. The van der Waals surface area contributed by atoms with E-state index in [4.69, 9.17) is 10.5 Å². The molecule has 0 radical (unpaired) electrons. The number of hydrogen-bond donors (Lipinski definition) is 1. The normalized spacial score (nSPS) is 11.2. The van der Waals surface area contributed by atoms with Crippen molar-refractivity contribution >= 4 is 11.0 Å². The van der Waals surface area contributed by atoms with Gasteiger partial charge in [-0.3, -0.25) is 0 Å². The molecule has 0 unspecified atom stereocenters. The van der Waals surface area contributed by atoms with E-state index < -0.39 is 0 Å². The molecule has 0 aliphatic rings. The second-order valence-electron chi connectivity index (χ2n) is 3.72. The SMILES string of the molecule is COCc1nc(CCN)nc2c1ccn2C. The molecule has 5 nitrogen and oxygen atoms in total. The average Bonchev–Trinajstić information content (AvgIpc) is 2.62. The Hall–Kier alpha value is -1.46. The van der Waals surface area contributed by atoms with Crippen molar-refractivity contribution in [3.63, 3.8) is 0 Å². The molecule has 0 saturated carbocycles. The topological polar surface area (TPSA) is 66.0 Å². The van der Waals surface area contributed by atoms with E-state index in [2.05, 4.69) is 9.97 Å². The zero-order valence-electron chi connectivity index (χ0n) is 9.60. The van der Waals surface area contributed by atoms with Crippen LogP contribution in [0, 0.1) is 0 Å². The largest absolute Gasteiger partial charge is 0.378 e. The minimum atomic E-state index is 0.501. The van der Waals surface area contributed by atoms with Crippen molar-refractivity contribution in [2.75, 3.05) is 13.7 Å². The van der Waals surface area contributed by atoms with Gasteiger partial charge in [-0.15, -0.1) is 0 Å². The van der Waals surface area contributed by atoms with Gasteiger partial charge in [0.2, 0.25) is 0 Å². The van der Waals surface area contributed by atoms with Crippen LogP contribution in [-0.2, 0) is 24.8 Å². The first kappa shape index (κ1) is 11.0. The van der Waals surface area contributed by atoms with Crippen LogP contribution in [0.3, 0.4) is 0 Å². The molecule has 2 aromatic rings. The van der Waals surface area contributed by atoms with Gasteiger partial charge in [-0.25, -0.2) is 9.97 Å². The van der Waals surface area contributed by atoms with Gasteiger partial charge in [0.1, 0.15) is 11.5 Å². The fraction of sp³-hybridized carbons (Fsp3) is 0.455. The van der Waals surface area contributed by atoms with Crippen molar-refractivity contribution in [3.05, 3.63) is 23.8 Å². The monoisotopic (exact) mass is 220 g/mol. The van der Waals surface area contributed by atoms with Crippen molar-refractivity contribution in [3.8, 4) is 0 Å². The Kier molecular flexibility index (Phi) is 3.17. The Balaban J connectivity index is 2.56. The fourth-order valence-corrected chi connectivity index (χ4v) is 1.74. The summed E-state index contributed by atoms with van der Waals surface area (Å²) < 4.78 is 7.13. The maximum absolute atomic E-state index is 5.52. The number of aryl methyl sites for hydroxylation is 1. The van der Waals surface area contributed by atoms with Crippen LogP contribution in [-0.4, -0.2) is 28.2 Å². The van der Waals surface area contributed by atoms with Gasteiger partial charge >= 0.3 is 0 Å². The number of nitrogens with two attached hydrogens (primary N) is 1.